The molecule has 794 valence electrons. The Bertz CT molecular complexity index is 5720. The fourth-order valence-electron chi connectivity index (χ4n) is 20.3. The Kier molecular flexibility index (Phi) is 38.7. The van der Waals surface area contributed by atoms with Crippen molar-refractivity contribution in [2.75, 3.05) is 26.8 Å². The highest BCUT2D eigenvalue weighted by Crippen LogP contribution is 2.47. The summed E-state index contributed by atoms with van der Waals surface area (Å²) in [5.74, 6) is -3.37. The number of rotatable bonds is 37. The molecule has 7 amide bonds. The molecule has 0 aliphatic heterocycles. The van der Waals surface area contributed by atoms with Crippen LogP contribution in [0.5, 0.6) is 0 Å². The van der Waals surface area contributed by atoms with Crippen LogP contribution in [0.4, 0.5) is 52.7 Å². The van der Waals surface area contributed by atoms with Crippen molar-refractivity contribution in [3.63, 3.8) is 0 Å². The van der Waals surface area contributed by atoms with Gasteiger partial charge in [-0.25, -0.2) is 0 Å². The third-order valence-electron chi connectivity index (χ3n) is 28.6. The molecule has 146 heavy (non-hydrogen) atoms. The van der Waals surface area contributed by atoms with E-state index in [4.69, 9.17) is 4.74 Å². The molecular formula is C106H134F12N16O12. The molecule has 8 fully saturated rings. The number of amides is 7. The summed E-state index contributed by atoms with van der Waals surface area (Å²) in [5, 5.41) is 56.6. The zero-order valence-corrected chi connectivity index (χ0v) is 82.9. The number of halogens is 12. The van der Waals surface area contributed by atoms with Crippen LogP contribution in [0.15, 0.2) is 121 Å². The number of benzene rings is 4. The van der Waals surface area contributed by atoms with E-state index in [2.05, 4.69) is 69.6 Å². The van der Waals surface area contributed by atoms with E-state index in [1.54, 1.807) is 36.2 Å². The lowest BCUT2D eigenvalue weighted by Gasteiger charge is -2.29. The SMILES string of the molecule is CC(C)(C)OC(=O)C[C@H](CCO)NC(=O)c1cc(-c2ccccc2C(F)(F)F)n(C2CCCC2)n1.CN(CC[C@@H](CC(=O)NC1CCC1)NC(=O)c1cc(-c2ccccc2C(F)(F)F)n(C2CCCC2)n1)C1CCCC1.O=C(C[C@H](CCO)NC(=O)c1cc(-c2ccccc2C(F)(F)F)n(C2CCCC2)n1)NC1CCC1.O=CC[C@@H](CC(=O)NC1CCC1)NC(=O)c1cc(-c2ccccc2C(F)(F)F)n(C2CCCC2)n1. The van der Waals surface area contributed by atoms with Gasteiger partial charge in [-0.15, -0.1) is 0 Å². The van der Waals surface area contributed by atoms with Crippen LogP contribution >= 0.6 is 0 Å². The average molecular weight is 2050 g/mol. The van der Waals surface area contributed by atoms with Crippen molar-refractivity contribution >= 4 is 53.6 Å². The number of esters is 1. The summed E-state index contributed by atoms with van der Waals surface area (Å²) in [6.45, 7) is 5.42. The van der Waals surface area contributed by atoms with E-state index < -0.39 is 106 Å². The fourth-order valence-corrected chi connectivity index (χ4v) is 20.3. The molecule has 0 unspecified atom stereocenters. The third-order valence-corrected chi connectivity index (χ3v) is 28.6. The quantitative estimate of drug-likeness (QED) is 0.00992. The zero-order chi connectivity index (χ0) is 105. The molecular weight excluding hydrogens is 1920 g/mol. The number of aliphatic hydroxyl groups excluding tert-OH is 2. The molecule has 8 aliphatic rings. The predicted octanol–water partition coefficient (Wildman–Crippen LogP) is 19.7. The van der Waals surface area contributed by atoms with Gasteiger partial charge in [-0.1, -0.05) is 137 Å². The third kappa shape index (κ3) is 30.7. The van der Waals surface area contributed by atoms with Gasteiger partial charge in [0.1, 0.15) is 11.9 Å². The van der Waals surface area contributed by atoms with Crippen molar-refractivity contribution in [1.82, 2.24) is 81.2 Å². The minimum Gasteiger partial charge on any atom is -0.460 e. The van der Waals surface area contributed by atoms with Gasteiger partial charge in [0.15, 0.2) is 22.8 Å². The van der Waals surface area contributed by atoms with Crippen LogP contribution in [0, 0.1) is 0 Å². The minimum absolute atomic E-state index is 0.00813. The highest BCUT2D eigenvalue weighted by molar-refractivity contribution is 5.97. The van der Waals surface area contributed by atoms with Crippen LogP contribution in [0.3, 0.4) is 0 Å². The Labute approximate surface area is 841 Å². The average Bonchev–Trinajstić information content (AvgIpc) is 1.64. The van der Waals surface area contributed by atoms with Crippen LogP contribution < -0.4 is 37.2 Å². The van der Waals surface area contributed by atoms with Gasteiger partial charge in [-0.3, -0.25) is 57.1 Å². The lowest BCUT2D eigenvalue weighted by molar-refractivity contribution is -0.155. The fraction of sp³-hybridized carbons (Fsp3) is 0.575. The van der Waals surface area contributed by atoms with Crippen LogP contribution in [-0.4, -0.2) is 189 Å². The molecule has 4 heterocycles. The molecule has 9 N–H and O–H groups in total. The Morgan fingerprint density at radius 2 is 0.623 bits per heavy atom. The number of ether oxygens (including phenoxy) is 1. The van der Waals surface area contributed by atoms with Crippen LogP contribution in [0.2, 0.25) is 0 Å². The lowest BCUT2D eigenvalue weighted by atomic mass is 9.93. The van der Waals surface area contributed by atoms with E-state index in [0.717, 1.165) is 204 Å². The summed E-state index contributed by atoms with van der Waals surface area (Å²) in [4.78, 5) is 116. The van der Waals surface area contributed by atoms with Crippen molar-refractivity contribution < 1.29 is 111 Å². The van der Waals surface area contributed by atoms with Gasteiger partial charge in [0, 0.05) is 116 Å². The standard InChI is InChI=1S/C31H42F3N5O2.C25H31F3N4O3.C25H29F3N4O3.C25H32F3N3O4/c1-38(23-11-2-3-12-23)18-17-22(19-29(40)35-21-9-8-10-21)36-30(41)27-20-28(39(37-27)24-13-4-5-14-24)25-15-6-7-16-26(25)31(32,33)34;2*26-25(27,28)20-11-4-3-10-19(20)22-15-21(31-32(22)18-8-1-2-9-18)24(35)30-17(12-13-33)14-23(34)29-16-6-5-7-16;1-24(2,3)35-22(33)14-16(12-13-32)29-23(34)20-15-21(31(30-20)17-8-4-5-9-17)18-10-6-7-11-19(18)25(26,27)28/h6-7,15-16,20-24H,2-5,8-14,17-19H2,1H3,(H,35,40)(H,36,41);3-4,10-11,15-18,33H,1-2,5-9,12-14H2,(H,29,34)(H,30,35);3-4,10-11,13,15-18H,1-2,5-9,12,14H2,(H,29,34)(H,30,35);6-7,10-11,15-17,32H,4-5,8-9,12-14H2,1-3H3,(H,29,34)/t22-;2*17-;16-/m0000/s1. The Balaban J connectivity index is 0.000000163. The summed E-state index contributed by atoms with van der Waals surface area (Å²) in [7, 11) is 2.09. The van der Waals surface area contributed by atoms with E-state index in [9.17, 15) is 106 Å². The summed E-state index contributed by atoms with van der Waals surface area (Å²) >= 11 is 0. The van der Waals surface area contributed by atoms with Crippen molar-refractivity contribution in [3.05, 3.63) is 166 Å². The molecule has 0 spiro atoms. The van der Waals surface area contributed by atoms with E-state index in [1.807, 2.05) is 0 Å². The summed E-state index contributed by atoms with van der Waals surface area (Å²) in [5.41, 5.74) is -2.92. The number of aliphatic hydroxyl groups is 2. The van der Waals surface area contributed by atoms with Crippen LogP contribution in [-0.2, 0) is 53.4 Å². The molecule has 0 radical (unpaired) electrons. The first-order chi connectivity index (χ1) is 69.6. The summed E-state index contributed by atoms with van der Waals surface area (Å²) < 4.78 is 177. The van der Waals surface area contributed by atoms with Gasteiger partial charge < -0.3 is 61.9 Å². The molecule has 8 aliphatic carbocycles. The maximum absolute atomic E-state index is 13.9. The first-order valence-corrected chi connectivity index (χ1v) is 51.3. The van der Waals surface area contributed by atoms with Crippen LogP contribution in [0.25, 0.3) is 45.0 Å². The summed E-state index contributed by atoms with van der Waals surface area (Å²) in [6.07, 6.45) is 10.6. The first kappa shape index (κ1) is 111. The number of carbonyl (C=O) groups excluding carboxylic acids is 9. The van der Waals surface area contributed by atoms with E-state index in [1.165, 1.54) is 113 Å². The number of carbonyl (C=O) groups is 9. The Morgan fingerprint density at radius 3 is 0.877 bits per heavy atom. The van der Waals surface area contributed by atoms with E-state index in [0.29, 0.717) is 24.4 Å². The number of nitrogens with one attached hydrogen (secondary N) is 7. The molecule has 40 heteroatoms. The van der Waals surface area contributed by atoms with Crippen LogP contribution in [0.1, 0.15) is 347 Å². The lowest BCUT2D eigenvalue weighted by Crippen LogP contribution is -2.45. The van der Waals surface area contributed by atoms with Crippen molar-refractivity contribution in [3.8, 4) is 45.0 Å². The van der Waals surface area contributed by atoms with Crippen molar-refractivity contribution in [2.45, 2.75) is 361 Å². The number of hydrogen-bond donors (Lipinski definition) is 9. The first-order valence-electron chi connectivity index (χ1n) is 51.3. The highest BCUT2D eigenvalue weighted by atomic mass is 19.4. The normalized spacial score (nSPS) is 17.7. The monoisotopic (exact) mass is 2050 g/mol. The molecule has 0 bridgehead atoms. The van der Waals surface area contributed by atoms with Gasteiger partial charge in [0.05, 0.1) is 75.6 Å². The maximum Gasteiger partial charge on any atom is 0.417 e. The van der Waals surface area contributed by atoms with Gasteiger partial charge in [0.25, 0.3) is 23.6 Å². The van der Waals surface area contributed by atoms with Gasteiger partial charge in [-0.05, 0) is 218 Å². The minimum atomic E-state index is -4.57. The second-order valence-electron chi connectivity index (χ2n) is 40.7. The number of hydrogen-bond acceptors (Lipinski definition) is 17. The molecule has 0 saturated heterocycles. The van der Waals surface area contributed by atoms with Gasteiger partial charge in [0.2, 0.25) is 17.7 Å². The highest BCUT2D eigenvalue weighted by Gasteiger charge is 2.43. The van der Waals surface area contributed by atoms with Gasteiger partial charge in [-0.2, -0.15) is 73.1 Å². The molecule has 4 aromatic heterocycles. The maximum atomic E-state index is 13.9. The summed E-state index contributed by atoms with van der Waals surface area (Å²) in [6, 6.07) is 25.0. The smallest absolute Gasteiger partial charge is 0.417 e. The van der Waals surface area contributed by atoms with E-state index >= 15 is 0 Å². The second-order valence-corrected chi connectivity index (χ2v) is 40.7. The molecule has 8 saturated carbocycles. The predicted molar refractivity (Wildman–Crippen MR) is 521 cm³/mol. The number of nitrogens with zero attached hydrogens (tertiary/aromatic N) is 9. The molecule has 4 aromatic carbocycles. The molecule has 16 rings (SSSR count). The van der Waals surface area contributed by atoms with E-state index in [-0.39, 0.29) is 180 Å². The number of alkyl halides is 12. The van der Waals surface area contributed by atoms with Crippen molar-refractivity contribution in [1.29, 1.82) is 0 Å². The molecule has 4 atom stereocenters. The number of aromatic nitrogens is 8. The van der Waals surface area contributed by atoms with Gasteiger partial charge >= 0.3 is 30.7 Å². The van der Waals surface area contributed by atoms with Crippen molar-refractivity contribution in [2.24, 2.45) is 0 Å². The largest absolute Gasteiger partial charge is 0.460 e. The Hall–Kier alpha value is -11.8. The second kappa shape index (κ2) is 50.7. The zero-order valence-electron chi connectivity index (χ0n) is 82.9. The topological polar surface area (TPSA) is 362 Å². The number of aldehydes is 1. The Morgan fingerprint density at radius 1 is 0.370 bits per heavy atom. The molecule has 8 aromatic rings. The molecule has 28 nitrogen and oxygen atoms in total.